The first kappa shape index (κ1) is 31.6. The average molecular weight is 696 g/mol. The summed E-state index contributed by atoms with van der Waals surface area (Å²) < 4.78 is 0. The van der Waals surface area contributed by atoms with E-state index in [1.54, 1.807) is 0 Å². The van der Waals surface area contributed by atoms with Gasteiger partial charge >= 0.3 is 0 Å². The number of hydrogen-bond acceptors (Lipinski definition) is 3. The molecule has 0 bridgehead atoms. The maximum absolute atomic E-state index is 5.55. The molecule has 260 valence electrons. The van der Waals surface area contributed by atoms with Gasteiger partial charge in [-0.05, 0) is 82.9 Å². The fourth-order valence-electron chi connectivity index (χ4n) is 9.77. The molecular formula is C51H41N3. The molecule has 3 nitrogen and oxygen atoms in total. The van der Waals surface area contributed by atoms with Crippen LogP contribution in [0.1, 0.15) is 37.8 Å². The quantitative estimate of drug-likeness (QED) is 0.196. The van der Waals surface area contributed by atoms with Crippen LogP contribution in [0.4, 0.5) is 0 Å². The molecule has 11 rings (SSSR count). The molecule has 5 atom stereocenters. The summed E-state index contributed by atoms with van der Waals surface area (Å²) in [7, 11) is 0. The molecular weight excluding hydrogens is 655 g/mol. The topological polar surface area (TPSA) is 37.6 Å². The number of aliphatic imine (C=N–C) groups is 2. The SMILES string of the molecule is C1=CCCC(C2=NC3=C(C=CC4C=CC(C5C=CC(C6C=CC(c7nc8ccccc8c8c7ccc7ccccc78)=CC6)=C6C=CC=CC65)=NC34)CC2)=C1. The molecule has 7 aliphatic rings. The third kappa shape index (κ3) is 5.21. The molecule has 54 heavy (non-hydrogen) atoms. The summed E-state index contributed by atoms with van der Waals surface area (Å²) in [6.45, 7) is 0. The Bertz CT molecular complexity index is 2690. The van der Waals surface area contributed by atoms with Crippen molar-refractivity contribution >= 4 is 49.4 Å². The fraction of sp³-hybridized carbons (Fsp3) is 0.196. The summed E-state index contributed by atoms with van der Waals surface area (Å²) in [5.41, 5.74) is 12.5. The third-order valence-electron chi connectivity index (χ3n) is 12.5. The predicted octanol–water partition coefficient (Wildman–Crippen LogP) is 12.1. The number of pyridine rings is 1. The Morgan fingerprint density at radius 1 is 0.648 bits per heavy atom. The lowest BCUT2D eigenvalue weighted by molar-refractivity contribution is 0.596. The Morgan fingerprint density at radius 2 is 1.56 bits per heavy atom. The molecule has 3 heterocycles. The van der Waals surface area contributed by atoms with Gasteiger partial charge < -0.3 is 0 Å². The van der Waals surface area contributed by atoms with Gasteiger partial charge in [-0.1, -0.05) is 146 Å². The largest absolute Gasteiger partial charge is 0.278 e. The van der Waals surface area contributed by atoms with Crippen molar-refractivity contribution in [3.8, 4) is 0 Å². The van der Waals surface area contributed by atoms with Crippen molar-refractivity contribution in [2.24, 2.45) is 33.7 Å². The van der Waals surface area contributed by atoms with Gasteiger partial charge in [0.05, 0.1) is 16.9 Å². The minimum atomic E-state index is 0.0491. The van der Waals surface area contributed by atoms with Crippen LogP contribution >= 0.6 is 0 Å². The third-order valence-corrected chi connectivity index (χ3v) is 12.5. The molecule has 5 unspecified atom stereocenters. The molecule has 0 amide bonds. The highest BCUT2D eigenvalue weighted by molar-refractivity contribution is 6.21. The van der Waals surface area contributed by atoms with Crippen LogP contribution in [0, 0.1) is 23.7 Å². The van der Waals surface area contributed by atoms with Crippen LogP contribution in [0.2, 0.25) is 0 Å². The van der Waals surface area contributed by atoms with E-state index in [9.17, 15) is 0 Å². The molecule has 3 aromatic carbocycles. The van der Waals surface area contributed by atoms with Crippen molar-refractivity contribution in [3.05, 3.63) is 192 Å². The van der Waals surface area contributed by atoms with Crippen LogP contribution in [-0.4, -0.2) is 22.4 Å². The molecule has 2 aliphatic heterocycles. The lowest BCUT2D eigenvalue weighted by Gasteiger charge is -2.36. The molecule has 3 heteroatoms. The molecule has 0 radical (unpaired) electrons. The second kappa shape index (κ2) is 12.9. The van der Waals surface area contributed by atoms with Gasteiger partial charge in [-0.25, -0.2) is 4.98 Å². The number of allylic oxidation sites excluding steroid dienone is 19. The molecule has 0 fully saturated rings. The monoisotopic (exact) mass is 695 g/mol. The Balaban J connectivity index is 0.899. The highest BCUT2D eigenvalue weighted by Crippen LogP contribution is 2.44. The van der Waals surface area contributed by atoms with Gasteiger partial charge in [0, 0.05) is 51.3 Å². The first-order valence-electron chi connectivity index (χ1n) is 19.7. The Kier molecular flexibility index (Phi) is 7.53. The first-order chi connectivity index (χ1) is 26.8. The van der Waals surface area contributed by atoms with E-state index in [-0.39, 0.29) is 23.8 Å². The van der Waals surface area contributed by atoms with Crippen LogP contribution in [0.25, 0.3) is 38.0 Å². The summed E-state index contributed by atoms with van der Waals surface area (Å²) in [6.07, 6.45) is 42.4. The van der Waals surface area contributed by atoms with E-state index in [0.717, 1.165) is 43.3 Å². The number of para-hydroxylation sites is 1. The zero-order chi connectivity index (χ0) is 35.6. The number of hydrogen-bond donors (Lipinski definition) is 0. The lowest BCUT2D eigenvalue weighted by atomic mass is 9.71. The number of benzene rings is 3. The van der Waals surface area contributed by atoms with E-state index in [1.165, 1.54) is 71.9 Å². The molecule has 1 aromatic heterocycles. The van der Waals surface area contributed by atoms with Gasteiger partial charge in [0.1, 0.15) is 6.04 Å². The van der Waals surface area contributed by atoms with E-state index >= 15 is 0 Å². The van der Waals surface area contributed by atoms with E-state index in [2.05, 4.69) is 158 Å². The van der Waals surface area contributed by atoms with Gasteiger partial charge in [0.25, 0.3) is 0 Å². The smallest absolute Gasteiger partial charge is 0.102 e. The van der Waals surface area contributed by atoms with Crippen molar-refractivity contribution in [1.82, 2.24) is 4.98 Å². The maximum atomic E-state index is 5.55. The highest BCUT2D eigenvalue weighted by atomic mass is 14.9. The number of fused-ring (bicyclic) bond motifs is 8. The first-order valence-corrected chi connectivity index (χ1v) is 19.7. The Hall–Kier alpha value is -5.93. The Labute approximate surface area is 316 Å². The van der Waals surface area contributed by atoms with Crippen molar-refractivity contribution in [1.29, 1.82) is 0 Å². The average Bonchev–Trinajstić information content (AvgIpc) is 3.25. The summed E-state index contributed by atoms with van der Waals surface area (Å²) in [5, 5.41) is 6.24. The van der Waals surface area contributed by atoms with E-state index in [4.69, 9.17) is 15.0 Å². The molecule has 0 saturated heterocycles. The van der Waals surface area contributed by atoms with Crippen molar-refractivity contribution in [3.63, 3.8) is 0 Å². The minimum Gasteiger partial charge on any atom is -0.278 e. The lowest BCUT2D eigenvalue weighted by Crippen LogP contribution is -2.33. The Morgan fingerprint density at radius 3 is 2.46 bits per heavy atom. The van der Waals surface area contributed by atoms with E-state index in [0.29, 0.717) is 5.92 Å². The molecule has 0 N–H and O–H groups in total. The number of dihydropyridines is 1. The van der Waals surface area contributed by atoms with Crippen molar-refractivity contribution in [2.75, 3.05) is 0 Å². The van der Waals surface area contributed by atoms with Gasteiger partial charge in [0.2, 0.25) is 0 Å². The van der Waals surface area contributed by atoms with Crippen LogP contribution < -0.4 is 0 Å². The summed E-state index contributed by atoms with van der Waals surface area (Å²) >= 11 is 0. The van der Waals surface area contributed by atoms with Crippen LogP contribution in [0.15, 0.2) is 196 Å². The van der Waals surface area contributed by atoms with Crippen molar-refractivity contribution in [2.45, 2.75) is 38.1 Å². The normalized spacial score (nSPS) is 26.9. The predicted molar refractivity (Wildman–Crippen MR) is 227 cm³/mol. The van der Waals surface area contributed by atoms with E-state index < -0.39 is 0 Å². The maximum Gasteiger partial charge on any atom is 0.102 e. The number of rotatable bonds is 4. The van der Waals surface area contributed by atoms with Crippen LogP contribution in [0.5, 0.6) is 0 Å². The fourth-order valence-corrected chi connectivity index (χ4v) is 9.77. The standard InChI is InChI=1S/C51H41N3/c1-2-11-34(12-3-1)45-30-25-36-22-23-37-26-31-47(54-51(37)50(36)52-45)42-29-28-38(40-14-6-7-15-41(40)42)33-18-20-35(21-19-33)49-44-27-24-32-10-4-5-13-39(32)48(44)43-16-8-9-17-46(43)53-49/h1-2,4-11,13-18,20-24,26-29,31,33,37,41-42,51H,3,12,19,25,30H2. The zero-order valence-electron chi connectivity index (χ0n) is 30.3. The molecule has 5 aliphatic carbocycles. The van der Waals surface area contributed by atoms with Crippen LogP contribution in [-0.2, 0) is 0 Å². The molecule has 0 saturated carbocycles. The van der Waals surface area contributed by atoms with Gasteiger partial charge in [-0.3, -0.25) is 9.98 Å². The second-order valence-corrected chi connectivity index (χ2v) is 15.5. The van der Waals surface area contributed by atoms with Gasteiger partial charge in [0.15, 0.2) is 0 Å². The summed E-state index contributed by atoms with van der Waals surface area (Å²) in [6, 6.07) is 21.8. The number of nitrogens with zero attached hydrogens (tertiary/aromatic N) is 3. The summed E-state index contributed by atoms with van der Waals surface area (Å²) in [5.74, 6) is 1.01. The van der Waals surface area contributed by atoms with Crippen molar-refractivity contribution < 1.29 is 0 Å². The summed E-state index contributed by atoms with van der Waals surface area (Å²) in [4.78, 5) is 16.2. The molecule has 0 spiro atoms. The van der Waals surface area contributed by atoms with Gasteiger partial charge in [-0.15, -0.1) is 0 Å². The van der Waals surface area contributed by atoms with Gasteiger partial charge in [-0.2, -0.15) is 0 Å². The highest BCUT2D eigenvalue weighted by Gasteiger charge is 2.36. The van der Waals surface area contributed by atoms with Crippen LogP contribution in [0.3, 0.4) is 0 Å². The molecule has 4 aromatic rings. The van der Waals surface area contributed by atoms with E-state index in [1.807, 2.05) is 0 Å². The second-order valence-electron chi connectivity index (χ2n) is 15.5. The minimum absolute atomic E-state index is 0.0491. The number of aromatic nitrogens is 1. The zero-order valence-corrected chi connectivity index (χ0v) is 30.3.